The minimum absolute atomic E-state index is 0.826. The Kier molecular flexibility index (Phi) is 0.959. The van der Waals surface area contributed by atoms with E-state index in [0.717, 1.165) is 6.69 Å². The Morgan fingerprint density at radius 1 is 1.75 bits per heavy atom. The van der Waals surface area contributed by atoms with Crippen LogP contribution in [0.2, 0.25) is 0 Å². The lowest BCUT2D eigenvalue weighted by molar-refractivity contribution is 1.29. The maximum absolute atomic E-state index is 6.18. The first-order valence-electron chi connectivity index (χ1n) is 1.35. The van der Waals surface area contributed by atoms with Crippen LogP contribution in [-0.2, 0) is 0 Å². The average molecular weight is 57.1 g/mol. The fourth-order valence-corrected chi connectivity index (χ4v) is 0. The molecule has 2 nitrogen and oxygen atoms in total. The molecule has 0 fully saturated rings. The molecule has 22 valence electrons. The molecule has 0 heterocycles. The summed E-state index contributed by atoms with van der Waals surface area (Å²) in [4.78, 5) is 0. The Bertz CT molecular complexity index is 49.6. The lowest BCUT2D eigenvalue weighted by Gasteiger charge is -1.50. The van der Waals surface area contributed by atoms with Crippen LogP contribution < -0.4 is 0 Å². The summed E-state index contributed by atoms with van der Waals surface area (Å²) in [6.07, 6.45) is 0. The van der Waals surface area contributed by atoms with Gasteiger partial charge in [-0.1, -0.05) is 0 Å². The van der Waals surface area contributed by atoms with Crippen molar-refractivity contribution in [2.24, 2.45) is 10.2 Å². The number of nitrogens with zero attached hydrogens (tertiary/aromatic N) is 2. The molecule has 0 saturated carbocycles. The fourth-order valence-electron chi connectivity index (χ4n) is 0. The van der Waals surface area contributed by atoms with Crippen LogP contribution in [0, 0.1) is 0 Å². The number of hydrogen-bond acceptors (Lipinski definition) is 2. The van der Waals surface area contributed by atoms with Crippen LogP contribution in [0.15, 0.2) is 10.2 Å². The molecule has 0 aromatic rings. The summed E-state index contributed by atoms with van der Waals surface area (Å²) in [5, 5.41) is 6.01. The topological polar surface area (TPSA) is 24.7 Å². The van der Waals surface area contributed by atoms with E-state index in [2.05, 4.69) is 16.9 Å². The molecular weight excluding hydrogens is 52.0 g/mol. The van der Waals surface area contributed by atoms with E-state index < -0.39 is 0 Å². The van der Waals surface area contributed by atoms with Crippen LogP contribution in [0.3, 0.4) is 0 Å². The molecule has 0 rings (SSSR count). The van der Waals surface area contributed by atoms with Crippen LogP contribution in [0.25, 0.3) is 0 Å². The normalized spacial score (nSPS) is 11.5. The van der Waals surface area contributed by atoms with Gasteiger partial charge in [0.05, 0.1) is 1.37 Å². The van der Waals surface area contributed by atoms with E-state index in [1.807, 2.05) is 0 Å². The van der Waals surface area contributed by atoms with Gasteiger partial charge in [-0.05, 0) is 0 Å². The molecule has 0 spiro atoms. The predicted octanol–water partition coefficient (Wildman–Crippen LogP) is 0.303. The molecule has 0 bridgehead atoms. The van der Waals surface area contributed by atoms with Gasteiger partial charge in [0, 0.05) is 13.4 Å². The number of hydrogen-bond donors (Lipinski definition) is 0. The fraction of sp³-hybridized carbons (Fsp3) is 0. The highest BCUT2D eigenvalue weighted by Gasteiger charge is 1.24. The first kappa shape index (κ1) is 1.64. The zero-order valence-corrected chi connectivity index (χ0v) is 2.18. The lowest BCUT2D eigenvalue weighted by atomic mass is 11.6. The Morgan fingerprint density at radius 2 is 2.50 bits per heavy atom. The summed E-state index contributed by atoms with van der Waals surface area (Å²) in [6, 6.07) is 0. The first-order chi connectivity index (χ1) is 2.41. The second kappa shape index (κ2) is 2.34. The van der Waals surface area contributed by atoms with Gasteiger partial charge in [0.1, 0.15) is 0 Å². The highest BCUT2D eigenvalue weighted by Crippen LogP contribution is 1.47. The molecule has 0 unspecified atom stereocenters. The van der Waals surface area contributed by atoms with Crippen LogP contribution >= 0.6 is 0 Å². The van der Waals surface area contributed by atoms with E-state index in [-0.39, 0.29) is 0 Å². The molecule has 0 aliphatic carbocycles. The van der Waals surface area contributed by atoms with Gasteiger partial charge < -0.3 is 0 Å². The van der Waals surface area contributed by atoms with Crippen molar-refractivity contribution in [3.8, 4) is 0 Å². The van der Waals surface area contributed by atoms with E-state index >= 15 is 0 Å². The summed E-state index contributed by atoms with van der Waals surface area (Å²) >= 11 is 0. The second-order valence-corrected chi connectivity index (χ2v) is 0.257. The van der Waals surface area contributed by atoms with Crippen molar-refractivity contribution in [2.45, 2.75) is 0 Å². The Balaban J connectivity index is 2.92. The van der Waals surface area contributed by atoms with E-state index in [4.69, 9.17) is 1.37 Å². The van der Waals surface area contributed by atoms with Crippen molar-refractivity contribution >= 4 is 13.4 Å². The molecule has 0 aliphatic heterocycles. The van der Waals surface area contributed by atoms with E-state index in [1.165, 1.54) is 0 Å². The average Bonchev–Trinajstić information content (AvgIpc) is 1.41. The third-order valence-electron chi connectivity index (χ3n) is 0.0816. The molecule has 4 heavy (non-hydrogen) atoms. The minimum atomic E-state index is 0.826. The maximum Gasteiger partial charge on any atom is 0.0773 e. The minimum Gasteiger partial charge on any atom is -0.168 e. The van der Waals surface area contributed by atoms with E-state index in [1.54, 1.807) is 0 Å². The highest BCUT2D eigenvalue weighted by molar-refractivity contribution is 5.28. The largest absolute Gasteiger partial charge is 0.168 e. The molecule has 0 amide bonds. The van der Waals surface area contributed by atoms with Crippen molar-refractivity contribution in [3.63, 3.8) is 0 Å². The molecule has 0 aliphatic rings. The van der Waals surface area contributed by atoms with Gasteiger partial charge in [0.25, 0.3) is 0 Å². The molecule has 0 N–H and O–H groups in total. The van der Waals surface area contributed by atoms with Gasteiger partial charge in [-0.15, -0.1) is 0 Å². The summed E-state index contributed by atoms with van der Waals surface area (Å²) in [5.74, 6) is 0. The molecule has 0 aromatic carbocycles. The van der Waals surface area contributed by atoms with Crippen LogP contribution in [0.5, 0.6) is 0 Å². The van der Waals surface area contributed by atoms with Crippen LogP contribution in [0.1, 0.15) is 1.37 Å². The third kappa shape index (κ3) is 1.34. The van der Waals surface area contributed by atoms with Gasteiger partial charge in [0.2, 0.25) is 0 Å². The zero-order chi connectivity index (χ0) is 4.12. The Labute approximate surface area is 26.3 Å². The zero-order valence-electron chi connectivity index (χ0n) is 3.18. The molecular formula is C2H4N2. The highest BCUT2D eigenvalue weighted by atomic mass is 15.2. The molecule has 0 atom stereocenters. The third-order valence-corrected chi connectivity index (χ3v) is 0.0816. The summed E-state index contributed by atoms with van der Waals surface area (Å²) in [6.45, 7) is 3.81. The van der Waals surface area contributed by atoms with Crippen LogP contribution in [0.4, 0.5) is 0 Å². The second-order valence-electron chi connectivity index (χ2n) is 0.257. The predicted molar refractivity (Wildman–Crippen MR) is 19.1 cm³/mol. The quantitative estimate of drug-likeness (QED) is 0.305. The summed E-state index contributed by atoms with van der Waals surface area (Å²) in [7, 11) is 0. The van der Waals surface area contributed by atoms with Gasteiger partial charge in [-0.25, -0.2) is 0 Å². The van der Waals surface area contributed by atoms with Gasteiger partial charge in [0.15, 0.2) is 0 Å². The van der Waals surface area contributed by atoms with Crippen LogP contribution in [-0.4, -0.2) is 13.4 Å². The Hall–Kier alpha value is -0.660. The van der Waals surface area contributed by atoms with Gasteiger partial charge in [-0.2, -0.15) is 10.2 Å². The lowest BCUT2D eigenvalue weighted by Crippen LogP contribution is -1.30. The van der Waals surface area contributed by atoms with Crippen molar-refractivity contribution in [3.05, 3.63) is 0 Å². The van der Waals surface area contributed by atoms with Crippen molar-refractivity contribution < 1.29 is 1.37 Å². The monoisotopic (exact) mass is 57.0 g/mol. The Morgan fingerprint density at radius 3 is 2.50 bits per heavy atom. The van der Waals surface area contributed by atoms with Crippen molar-refractivity contribution in [1.82, 2.24) is 0 Å². The summed E-state index contributed by atoms with van der Waals surface area (Å²) < 4.78 is 6.18. The SMILES string of the molecule is [2H]C=NN=C. The maximum atomic E-state index is 6.18. The van der Waals surface area contributed by atoms with E-state index in [0.29, 0.717) is 0 Å². The molecule has 0 aromatic heterocycles. The van der Waals surface area contributed by atoms with Crippen molar-refractivity contribution in [2.75, 3.05) is 0 Å². The van der Waals surface area contributed by atoms with E-state index in [9.17, 15) is 0 Å². The number of rotatable bonds is 1. The van der Waals surface area contributed by atoms with Gasteiger partial charge >= 0.3 is 0 Å². The van der Waals surface area contributed by atoms with Gasteiger partial charge in [-0.3, -0.25) is 0 Å². The first-order valence-corrected chi connectivity index (χ1v) is 0.774. The summed E-state index contributed by atoms with van der Waals surface area (Å²) in [5.41, 5.74) is 0. The smallest absolute Gasteiger partial charge is 0.0773 e. The molecule has 2 heteroatoms. The van der Waals surface area contributed by atoms with Crippen molar-refractivity contribution in [1.29, 1.82) is 0 Å². The molecule has 0 saturated heterocycles. The molecule has 0 radical (unpaired) electrons. The standard InChI is InChI=1S/C2H4N2/c1-3-4-2/h1-2H2/i1D.